The van der Waals surface area contributed by atoms with Gasteiger partial charge >= 0.3 is 6.18 Å². The van der Waals surface area contributed by atoms with Crippen LogP contribution in [0.3, 0.4) is 0 Å². The van der Waals surface area contributed by atoms with Gasteiger partial charge in [-0.3, -0.25) is 14.7 Å². The van der Waals surface area contributed by atoms with Crippen LogP contribution in [0.2, 0.25) is 0 Å². The van der Waals surface area contributed by atoms with E-state index in [1.807, 2.05) is 12.1 Å². The van der Waals surface area contributed by atoms with Crippen LogP contribution in [-0.4, -0.2) is 34.9 Å². The summed E-state index contributed by atoms with van der Waals surface area (Å²) in [5, 5.41) is 2.92. The van der Waals surface area contributed by atoms with Gasteiger partial charge in [-0.25, -0.2) is 0 Å². The Labute approximate surface area is 230 Å². The fraction of sp³-hybridized carbons (Fsp3) is 0.375. The number of rotatable bonds is 14. The van der Waals surface area contributed by atoms with E-state index in [2.05, 4.69) is 53.3 Å². The average Bonchev–Trinajstić information content (AvgIpc) is 2.92. The number of carbonyl (C=O) groups is 1. The number of nitrogens with one attached hydrogen (secondary N) is 1. The van der Waals surface area contributed by atoms with Crippen LogP contribution in [-0.2, 0) is 30.4 Å². The Hall–Kier alpha value is -3.45. The zero-order valence-electron chi connectivity index (χ0n) is 22.8. The number of hydrogen-bond acceptors (Lipinski definition) is 3. The normalized spacial score (nSPS) is 12.0. The van der Waals surface area contributed by atoms with Crippen LogP contribution < -0.4 is 5.32 Å². The lowest BCUT2D eigenvalue weighted by molar-refractivity contribution is -0.137. The van der Waals surface area contributed by atoms with Gasteiger partial charge in [-0.15, -0.1) is 0 Å². The molecule has 2 aromatic carbocycles. The Morgan fingerprint density at radius 2 is 1.72 bits per heavy atom. The molecule has 7 heteroatoms. The van der Waals surface area contributed by atoms with E-state index in [9.17, 15) is 18.0 Å². The Kier molecular flexibility index (Phi) is 11.7. The van der Waals surface area contributed by atoms with Crippen molar-refractivity contribution in [3.8, 4) is 0 Å². The largest absolute Gasteiger partial charge is 0.416 e. The molecular weight excluding hydrogens is 499 g/mol. The van der Waals surface area contributed by atoms with Gasteiger partial charge in [0.15, 0.2) is 0 Å². The number of pyridine rings is 1. The van der Waals surface area contributed by atoms with E-state index in [-0.39, 0.29) is 11.9 Å². The van der Waals surface area contributed by atoms with Gasteiger partial charge in [-0.05, 0) is 80.0 Å². The minimum atomic E-state index is -4.32. The molecule has 0 radical (unpaired) electrons. The highest BCUT2D eigenvalue weighted by molar-refractivity contribution is 5.91. The zero-order chi connectivity index (χ0) is 28.1. The Bertz CT molecular complexity index is 1180. The maximum atomic E-state index is 13.0. The highest BCUT2D eigenvalue weighted by Gasteiger charge is 2.30. The molecule has 0 saturated carbocycles. The van der Waals surface area contributed by atoms with Crippen molar-refractivity contribution in [1.29, 1.82) is 0 Å². The van der Waals surface area contributed by atoms with Crippen molar-refractivity contribution in [1.82, 2.24) is 15.2 Å². The lowest BCUT2D eigenvalue weighted by Gasteiger charge is -2.27. The van der Waals surface area contributed by atoms with E-state index in [1.165, 1.54) is 29.3 Å². The number of aryl methyl sites for hydroxylation is 1. The standard InChI is InChI=1S/C32H38F3N3O/c1-25(2)38(21-18-27-9-6-11-30(22-27)32(33,34)35)24-29-14-12-26(13-15-29)8-4-3-5-20-37-31(39)17-16-28-10-7-19-36-23-28/h6-7,9-17,19,22-23,25H,3-5,8,18,20-21,24H2,1-2H3,(H,37,39)/b17-16+. The van der Waals surface area contributed by atoms with Crippen LogP contribution in [0.15, 0.2) is 79.1 Å². The van der Waals surface area contributed by atoms with E-state index in [4.69, 9.17) is 0 Å². The predicted octanol–water partition coefficient (Wildman–Crippen LogP) is 7.10. The van der Waals surface area contributed by atoms with Crippen molar-refractivity contribution >= 4 is 12.0 Å². The van der Waals surface area contributed by atoms with Crippen molar-refractivity contribution < 1.29 is 18.0 Å². The second-order valence-electron chi connectivity index (χ2n) is 10.1. The number of halogens is 3. The summed E-state index contributed by atoms with van der Waals surface area (Å²) in [6.07, 6.45) is 6.95. The maximum Gasteiger partial charge on any atom is 0.416 e. The van der Waals surface area contributed by atoms with E-state index in [0.29, 0.717) is 25.1 Å². The average molecular weight is 538 g/mol. The first-order valence-electron chi connectivity index (χ1n) is 13.5. The van der Waals surface area contributed by atoms with Gasteiger partial charge in [0, 0.05) is 44.1 Å². The molecule has 0 unspecified atom stereocenters. The number of hydrogen-bond donors (Lipinski definition) is 1. The highest BCUT2D eigenvalue weighted by Crippen LogP contribution is 2.29. The fourth-order valence-electron chi connectivity index (χ4n) is 4.29. The van der Waals surface area contributed by atoms with Gasteiger partial charge < -0.3 is 5.32 Å². The Morgan fingerprint density at radius 1 is 0.949 bits per heavy atom. The monoisotopic (exact) mass is 537 g/mol. The number of aromatic nitrogens is 1. The third-order valence-electron chi connectivity index (χ3n) is 6.63. The van der Waals surface area contributed by atoms with Crippen molar-refractivity contribution in [2.45, 2.75) is 64.7 Å². The first-order chi connectivity index (χ1) is 18.7. The zero-order valence-corrected chi connectivity index (χ0v) is 22.8. The van der Waals surface area contributed by atoms with Crippen molar-refractivity contribution in [3.05, 3.63) is 107 Å². The molecular formula is C32H38F3N3O. The fourth-order valence-corrected chi connectivity index (χ4v) is 4.29. The van der Waals surface area contributed by atoms with Crippen molar-refractivity contribution in [2.24, 2.45) is 0 Å². The predicted molar refractivity (Wildman–Crippen MR) is 151 cm³/mol. The summed E-state index contributed by atoms with van der Waals surface area (Å²) in [7, 11) is 0. The molecule has 1 aromatic heterocycles. The van der Waals surface area contributed by atoms with Crippen LogP contribution in [0.1, 0.15) is 60.9 Å². The van der Waals surface area contributed by atoms with E-state index in [1.54, 1.807) is 24.5 Å². The number of unbranched alkanes of at least 4 members (excludes halogenated alkanes) is 2. The molecule has 4 nitrogen and oxygen atoms in total. The molecule has 3 aromatic rings. The van der Waals surface area contributed by atoms with Gasteiger partial charge in [-0.1, -0.05) is 55.0 Å². The molecule has 0 bridgehead atoms. The molecule has 1 amide bonds. The summed E-state index contributed by atoms with van der Waals surface area (Å²) in [5.74, 6) is -0.0975. The Morgan fingerprint density at radius 3 is 2.41 bits per heavy atom. The van der Waals surface area contributed by atoms with Crippen molar-refractivity contribution in [3.63, 3.8) is 0 Å². The quantitative estimate of drug-likeness (QED) is 0.176. The van der Waals surface area contributed by atoms with Crippen LogP contribution in [0.4, 0.5) is 13.2 Å². The minimum Gasteiger partial charge on any atom is -0.353 e. The third kappa shape index (κ3) is 11.1. The molecule has 1 N–H and O–H groups in total. The smallest absolute Gasteiger partial charge is 0.353 e. The van der Waals surface area contributed by atoms with Crippen LogP contribution in [0, 0.1) is 0 Å². The van der Waals surface area contributed by atoms with Crippen LogP contribution in [0.5, 0.6) is 0 Å². The SMILES string of the molecule is CC(C)N(CCc1cccc(C(F)(F)F)c1)Cc1ccc(CCCCCNC(=O)/C=C/c2cccnc2)cc1. The third-order valence-corrected chi connectivity index (χ3v) is 6.63. The molecule has 0 atom stereocenters. The van der Waals surface area contributed by atoms with Gasteiger partial charge in [0.1, 0.15) is 0 Å². The summed E-state index contributed by atoms with van der Waals surface area (Å²) < 4.78 is 39.1. The lowest BCUT2D eigenvalue weighted by Crippen LogP contribution is -2.32. The first-order valence-corrected chi connectivity index (χ1v) is 13.5. The number of amides is 1. The molecule has 0 aliphatic rings. The second kappa shape index (κ2) is 15.2. The van der Waals surface area contributed by atoms with E-state index < -0.39 is 11.7 Å². The van der Waals surface area contributed by atoms with E-state index >= 15 is 0 Å². The lowest BCUT2D eigenvalue weighted by atomic mass is 10.0. The first kappa shape index (κ1) is 30.1. The minimum absolute atomic E-state index is 0.0975. The molecule has 39 heavy (non-hydrogen) atoms. The number of benzene rings is 2. The summed E-state index contributed by atoms with van der Waals surface area (Å²) in [4.78, 5) is 18.2. The molecule has 208 valence electrons. The van der Waals surface area contributed by atoms with Gasteiger partial charge in [-0.2, -0.15) is 13.2 Å². The highest BCUT2D eigenvalue weighted by atomic mass is 19.4. The molecule has 0 aliphatic heterocycles. The topological polar surface area (TPSA) is 45.2 Å². The molecule has 0 saturated heterocycles. The Balaban J connectivity index is 1.36. The summed E-state index contributed by atoms with van der Waals surface area (Å²) in [6.45, 7) is 6.32. The molecule has 3 rings (SSSR count). The van der Waals surface area contributed by atoms with Gasteiger partial charge in [0.2, 0.25) is 5.91 Å². The summed E-state index contributed by atoms with van der Waals surface area (Å²) in [5.41, 5.74) is 3.48. The molecule has 0 spiro atoms. The summed E-state index contributed by atoms with van der Waals surface area (Å²) in [6, 6.07) is 18.2. The van der Waals surface area contributed by atoms with Gasteiger partial charge in [0.05, 0.1) is 5.56 Å². The second-order valence-corrected chi connectivity index (χ2v) is 10.1. The molecule has 0 aliphatic carbocycles. The van der Waals surface area contributed by atoms with Crippen LogP contribution >= 0.6 is 0 Å². The number of alkyl halides is 3. The van der Waals surface area contributed by atoms with E-state index in [0.717, 1.165) is 43.9 Å². The van der Waals surface area contributed by atoms with Gasteiger partial charge in [0.25, 0.3) is 0 Å². The maximum absolute atomic E-state index is 13.0. The molecule has 1 heterocycles. The number of carbonyl (C=O) groups excluding carboxylic acids is 1. The molecule has 0 fully saturated rings. The van der Waals surface area contributed by atoms with Crippen molar-refractivity contribution in [2.75, 3.05) is 13.1 Å². The summed E-state index contributed by atoms with van der Waals surface area (Å²) >= 11 is 0. The van der Waals surface area contributed by atoms with Crippen LogP contribution in [0.25, 0.3) is 6.08 Å². The number of nitrogens with zero attached hydrogens (tertiary/aromatic N) is 2.